The van der Waals surface area contributed by atoms with Crippen LogP contribution in [0.4, 0.5) is 0 Å². The molecular weight excluding hydrogens is 316 g/mol. The Morgan fingerprint density at radius 2 is 1.80 bits per heavy atom. The molecule has 1 aromatic carbocycles. The van der Waals surface area contributed by atoms with E-state index in [1.165, 1.54) is 5.56 Å². The molecule has 2 rings (SSSR count). The van der Waals surface area contributed by atoms with Crippen LogP contribution in [0.3, 0.4) is 0 Å². The molecule has 2 aromatic rings. The number of aryl methyl sites for hydroxylation is 1. The molecule has 0 aliphatic heterocycles. The molecule has 1 atom stereocenters. The molecule has 0 aliphatic carbocycles. The highest BCUT2D eigenvalue weighted by Gasteiger charge is 2.09. The van der Waals surface area contributed by atoms with Crippen molar-refractivity contribution in [3.05, 3.63) is 64.4 Å². The third kappa shape index (κ3) is 4.71. The van der Waals surface area contributed by atoms with Crippen LogP contribution in [0, 0.1) is 0 Å². The fraction of sp³-hybridized carbons (Fsp3) is 0.312. The van der Waals surface area contributed by atoms with Crippen LogP contribution in [0.2, 0.25) is 0 Å². The largest absolute Gasteiger partial charge is 0.372 e. The van der Waals surface area contributed by atoms with E-state index in [1.54, 1.807) is 0 Å². The first-order valence-corrected chi connectivity index (χ1v) is 7.55. The summed E-state index contributed by atoms with van der Waals surface area (Å²) in [6.45, 7) is 1.21. The van der Waals surface area contributed by atoms with E-state index in [9.17, 15) is 0 Å². The first kappa shape index (κ1) is 15.2. The maximum absolute atomic E-state index is 5.88. The fourth-order valence-electron chi connectivity index (χ4n) is 2.03. The highest BCUT2D eigenvalue weighted by Crippen LogP contribution is 2.19. The van der Waals surface area contributed by atoms with Crippen molar-refractivity contribution in [2.45, 2.75) is 18.9 Å². The fourth-order valence-corrected chi connectivity index (χ4v) is 2.29. The summed E-state index contributed by atoms with van der Waals surface area (Å²) in [6, 6.07) is 12.2. The Morgan fingerprint density at radius 3 is 2.45 bits per heavy atom. The van der Waals surface area contributed by atoms with Crippen molar-refractivity contribution in [1.82, 2.24) is 4.98 Å². The molecule has 20 heavy (non-hydrogen) atoms. The predicted molar refractivity (Wildman–Crippen MR) is 84.4 cm³/mol. The Kier molecular flexibility index (Phi) is 6.18. The van der Waals surface area contributed by atoms with Crippen LogP contribution >= 0.6 is 15.9 Å². The average molecular weight is 335 g/mol. The van der Waals surface area contributed by atoms with Crippen molar-refractivity contribution in [3.63, 3.8) is 0 Å². The van der Waals surface area contributed by atoms with Gasteiger partial charge in [0.2, 0.25) is 0 Å². The van der Waals surface area contributed by atoms with E-state index in [0.29, 0.717) is 13.2 Å². The minimum absolute atomic E-state index is 0.0273. The number of pyridine rings is 1. The van der Waals surface area contributed by atoms with Crippen LogP contribution in [0.25, 0.3) is 0 Å². The molecule has 106 valence electrons. The van der Waals surface area contributed by atoms with Crippen molar-refractivity contribution in [2.24, 2.45) is 5.73 Å². The molecule has 0 saturated carbocycles. The van der Waals surface area contributed by atoms with Crippen LogP contribution in [-0.2, 0) is 11.2 Å². The van der Waals surface area contributed by atoms with E-state index in [4.69, 9.17) is 10.5 Å². The number of rotatable bonds is 7. The third-order valence-electron chi connectivity index (χ3n) is 3.13. The quantitative estimate of drug-likeness (QED) is 0.788. The molecule has 1 heterocycles. The van der Waals surface area contributed by atoms with Gasteiger partial charge in [0.25, 0.3) is 0 Å². The van der Waals surface area contributed by atoms with E-state index >= 15 is 0 Å². The summed E-state index contributed by atoms with van der Waals surface area (Å²) in [5, 5.41) is 0. The second-order valence-corrected chi connectivity index (χ2v) is 5.52. The lowest BCUT2D eigenvalue weighted by molar-refractivity contribution is 0.0571. The van der Waals surface area contributed by atoms with Crippen molar-refractivity contribution in [3.8, 4) is 0 Å². The monoisotopic (exact) mass is 334 g/mol. The summed E-state index contributed by atoms with van der Waals surface area (Å²) < 4.78 is 6.95. The second kappa shape index (κ2) is 8.15. The number of nitrogens with zero attached hydrogens (tertiary/aromatic N) is 1. The van der Waals surface area contributed by atoms with Gasteiger partial charge in [0.05, 0.1) is 6.10 Å². The zero-order chi connectivity index (χ0) is 14.2. The van der Waals surface area contributed by atoms with Crippen LogP contribution in [0.15, 0.2) is 53.3 Å². The summed E-state index contributed by atoms with van der Waals surface area (Å²) in [6.07, 6.45) is 5.60. The smallest absolute Gasteiger partial charge is 0.0947 e. The zero-order valence-corrected chi connectivity index (χ0v) is 12.9. The maximum Gasteiger partial charge on any atom is 0.0947 e. The molecule has 3 nitrogen and oxygen atoms in total. The van der Waals surface area contributed by atoms with Crippen molar-refractivity contribution in [1.29, 1.82) is 0 Å². The molecule has 0 bridgehead atoms. The molecule has 0 saturated heterocycles. The van der Waals surface area contributed by atoms with Crippen LogP contribution in [0.1, 0.15) is 23.7 Å². The lowest BCUT2D eigenvalue weighted by Crippen LogP contribution is -2.16. The van der Waals surface area contributed by atoms with Gasteiger partial charge in [-0.15, -0.1) is 0 Å². The standard InChI is InChI=1S/C16H19BrN2O/c17-15-5-3-14(4-6-15)16(12-18)20-11-1-2-13-7-9-19-10-8-13/h3-10,16H,1-2,11-12,18H2. The molecule has 0 radical (unpaired) electrons. The van der Waals surface area contributed by atoms with Crippen molar-refractivity contribution < 1.29 is 4.74 Å². The Labute approximate surface area is 128 Å². The van der Waals surface area contributed by atoms with Gasteiger partial charge in [-0.05, 0) is 48.2 Å². The van der Waals surface area contributed by atoms with E-state index in [1.807, 2.05) is 48.8 Å². The lowest BCUT2D eigenvalue weighted by atomic mass is 10.1. The minimum Gasteiger partial charge on any atom is -0.372 e. The SMILES string of the molecule is NCC(OCCCc1ccncc1)c1ccc(Br)cc1. The van der Waals surface area contributed by atoms with Gasteiger partial charge in [0.15, 0.2) is 0 Å². The molecule has 0 amide bonds. The zero-order valence-electron chi connectivity index (χ0n) is 11.3. The summed E-state index contributed by atoms with van der Waals surface area (Å²) in [4.78, 5) is 4.01. The Hall–Kier alpha value is -1.23. The topological polar surface area (TPSA) is 48.1 Å². The Balaban J connectivity index is 1.78. The van der Waals surface area contributed by atoms with Gasteiger partial charge < -0.3 is 10.5 Å². The van der Waals surface area contributed by atoms with E-state index < -0.39 is 0 Å². The van der Waals surface area contributed by atoms with E-state index in [2.05, 4.69) is 20.9 Å². The molecule has 0 fully saturated rings. The van der Waals surface area contributed by atoms with E-state index in [-0.39, 0.29) is 6.10 Å². The summed E-state index contributed by atoms with van der Waals surface area (Å²) in [7, 11) is 0. The van der Waals surface area contributed by atoms with Crippen molar-refractivity contribution >= 4 is 15.9 Å². The number of aromatic nitrogens is 1. The molecular formula is C16H19BrN2O. The number of benzene rings is 1. The first-order chi connectivity index (χ1) is 9.79. The number of ether oxygens (including phenoxy) is 1. The van der Waals surface area contributed by atoms with Gasteiger partial charge in [-0.2, -0.15) is 0 Å². The normalized spacial score (nSPS) is 12.3. The van der Waals surface area contributed by atoms with Gasteiger partial charge >= 0.3 is 0 Å². The molecule has 4 heteroatoms. The molecule has 0 aliphatic rings. The highest BCUT2D eigenvalue weighted by molar-refractivity contribution is 9.10. The van der Waals surface area contributed by atoms with E-state index in [0.717, 1.165) is 22.9 Å². The van der Waals surface area contributed by atoms with Gasteiger partial charge in [0.1, 0.15) is 0 Å². The first-order valence-electron chi connectivity index (χ1n) is 6.75. The number of hydrogen-bond acceptors (Lipinski definition) is 3. The minimum atomic E-state index is -0.0273. The molecule has 1 aromatic heterocycles. The van der Waals surface area contributed by atoms with Crippen LogP contribution in [0.5, 0.6) is 0 Å². The average Bonchev–Trinajstić information content (AvgIpc) is 2.50. The van der Waals surface area contributed by atoms with Crippen molar-refractivity contribution in [2.75, 3.05) is 13.2 Å². The molecule has 2 N–H and O–H groups in total. The van der Waals surface area contributed by atoms with Gasteiger partial charge in [-0.1, -0.05) is 28.1 Å². The number of halogens is 1. The Morgan fingerprint density at radius 1 is 1.10 bits per heavy atom. The van der Waals surface area contributed by atoms with Crippen LogP contribution < -0.4 is 5.73 Å². The predicted octanol–water partition coefficient (Wildman–Crippen LogP) is 3.49. The molecule has 0 spiro atoms. The maximum atomic E-state index is 5.88. The lowest BCUT2D eigenvalue weighted by Gasteiger charge is -2.16. The number of hydrogen-bond donors (Lipinski definition) is 1. The van der Waals surface area contributed by atoms with Gasteiger partial charge in [-0.3, -0.25) is 4.98 Å². The second-order valence-electron chi connectivity index (χ2n) is 4.61. The molecule has 1 unspecified atom stereocenters. The van der Waals surface area contributed by atoms with Gasteiger partial charge in [0, 0.05) is 30.0 Å². The third-order valence-corrected chi connectivity index (χ3v) is 3.66. The van der Waals surface area contributed by atoms with Gasteiger partial charge in [-0.25, -0.2) is 0 Å². The number of nitrogens with two attached hydrogens (primary N) is 1. The highest BCUT2D eigenvalue weighted by atomic mass is 79.9. The summed E-state index contributed by atoms with van der Waals surface area (Å²) >= 11 is 3.43. The summed E-state index contributed by atoms with van der Waals surface area (Å²) in [5.74, 6) is 0. The summed E-state index contributed by atoms with van der Waals surface area (Å²) in [5.41, 5.74) is 8.20. The Bertz CT molecular complexity index is 502. The van der Waals surface area contributed by atoms with Crippen LogP contribution in [-0.4, -0.2) is 18.1 Å².